The Balaban J connectivity index is 1.54. The van der Waals surface area contributed by atoms with Crippen LogP contribution in [0.5, 0.6) is 0 Å². The van der Waals surface area contributed by atoms with Crippen LogP contribution in [0.15, 0.2) is 54.6 Å². The van der Waals surface area contributed by atoms with E-state index in [0.29, 0.717) is 38.0 Å². The number of carbonyl (C=O) groups excluding carboxylic acids is 1. The Hall–Kier alpha value is -2.25. The minimum atomic E-state index is -3.48. The van der Waals surface area contributed by atoms with Gasteiger partial charge in [0.05, 0.1) is 5.75 Å². The molecule has 5 nitrogen and oxygen atoms in total. The number of sulfonamides is 1. The monoisotopic (exact) mass is 404 g/mol. The Morgan fingerprint density at radius 1 is 1.04 bits per heavy atom. The van der Waals surface area contributed by atoms with E-state index in [1.807, 2.05) is 30.3 Å². The minimum absolute atomic E-state index is 0.0550. The number of hydrogen-bond donors (Lipinski definition) is 0. The Morgan fingerprint density at radius 3 is 2.25 bits per heavy atom. The maximum absolute atomic E-state index is 13.0. The largest absolute Gasteiger partial charge is 0.341 e. The summed E-state index contributed by atoms with van der Waals surface area (Å²) in [6, 6.07) is 15.3. The van der Waals surface area contributed by atoms with Gasteiger partial charge in [0.2, 0.25) is 15.9 Å². The molecule has 0 N–H and O–H groups in total. The molecule has 0 bridgehead atoms. The normalized spacial score (nSPS) is 16.1. The Bertz CT molecular complexity index is 893. The lowest BCUT2D eigenvalue weighted by atomic mass is 9.96. The van der Waals surface area contributed by atoms with E-state index in [-0.39, 0.29) is 23.4 Å². The molecular formula is C21H25FN2O3S. The highest BCUT2D eigenvalue weighted by molar-refractivity contribution is 7.88. The second-order valence-electron chi connectivity index (χ2n) is 7.24. The summed E-state index contributed by atoms with van der Waals surface area (Å²) in [6.07, 6.45) is 1.03. The fourth-order valence-corrected chi connectivity index (χ4v) is 5.07. The Morgan fingerprint density at radius 2 is 1.64 bits per heavy atom. The summed E-state index contributed by atoms with van der Waals surface area (Å²) < 4.78 is 39.7. The van der Waals surface area contributed by atoms with Gasteiger partial charge in [0.15, 0.2) is 0 Å². The van der Waals surface area contributed by atoms with Gasteiger partial charge in [0, 0.05) is 32.6 Å². The number of hydrogen-bond acceptors (Lipinski definition) is 3. The van der Waals surface area contributed by atoms with Crippen LogP contribution in [0.4, 0.5) is 4.39 Å². The van der Waals surface area contributed by atoms with Gasteiger partial charge in [0.1, 0.15) is 5.82 Å². The van der Waals surface area contributed by atoms with E-state index < -0.39 is 10.0 Å². The zero-order chi connectivity index (χ0) is 20.1. The van der Waals surface area contributed by atoms with Crippen molar-refractivity contribution >= 4 is 15.9 Å². The molecule has 7 heteroatoms. The van der Waals surface area contributed by atoms with Gasteiger partial charge in [-0.1, -0.05) is 42.5 Å². The van der Waals surface area contributed by atoms with E-state index in [2.05, 4.69) is 0 Å². The number of benzene rings is 2. The molecule has 0 saturated carbocycles. The number of halogens is 1. The zero-order valence-electron chi connectivity index (χ0n) is 15.9. The smallest absolute Gasteiger partial charge is 0.225 e. The van der Waals surface area contributed by atoms with Gasteiger partial charge in [-0.05, 0) is 36.1 Å². The van der Waals surface area contributed by atoms with Gasteiger partial charge in [-0.25, -0.2) is 17.1 Å². The molecule has 0 radical (unpaired) electrons. The first-order valence-corrected chi connectivity index (χ1v) is 11.0. The maximum Gasteiger partial charge on any atom is 0.225 e. The van der Waals surface area contributed by atoms with Crippen molar-refractivity contribution in [2.45, 2.75) is 25.1 Å². The summed E-state index contributed by atoms with van der Waals surface area (Å²) in [5.74, 6) is -0.648. The Kier molecular flexibility index (Phi) is 6.46. The van der Waals surface area contributed by atoms with Gasteiger partial charge < -0.3 is 4.90 Å². The second-order valence-corrected chi connectivity index (χ2v) is 9.20. The van der Waals surface area contributed by atoms with E-state index in [4.69, 9.17) is 0 Å². The number of carbonyl (C=O) groups is 1. The van der Waals surface area contributed by atoms with Crippen molar-refractivity contribution in [3.8, 4) is 0 Å². The van der Waals surface area contributed by atoms with Crippen LogP contribution in [0.3, 0.4) is 0 Å². The topological polar surface area (TPSA) is 57.7 Å². The fourth-order valence-electron chi connectivity index (χ4n) is 3.51. The maximum atomic E-state index is 13.0. The van der Waals surface area contributed by atoms with E-state index in [1.54, 1.807) is 11.9 Å². The summed E-state index contributed by atoms with van der Waals surface area (Å²) in [7, 11) is -1.70. The third-order valence-electron chi connectivity index (χ3n) is 5.10. The number of piperidine rings is 1. The van der Waals surface area contributed by atoms with Crippen molar-refractivity contribution in [3.63, 3.8) is 0 Å². The lowest BCUT2D eigenvalue weighted by molar-refractivity contribution is -0.135. The van der Waals surface area contributed by atoms with Gasteiger partial charge in [0.25, 0.3) is 0 Å². The molecule has 1 aliphatic rings. The standard InChI is InChI=1S/C21H25FN2O3S/c1-23(15-17-5-3-2-4-6-17)21(25)19-11-13-24(14-12-19)28(26,27)16-18-7-9-20(22)10-8-18/h2-10,19H,11-16H2,1H3. The molecule has 0 unspecified atom stereocenters. The molecule has 0 aliphatic carbocycles. The molecule has 1 aliphatic heterocycles. The van der Waals surface area contributed by atoms with Crippen LogP contribution in [-0.4, -0.2) is 43.7 Å². The van der Waals surface area contributed by atoms with Crippen molar-refractivity contribution in [3.05, 3.63) is 71.5 Å². The predicted octanol–water partition coefficient (Wildman–Crippen LogP) is 3.03. The molecule has 2 aromatic rings. The summed E-state index contributed by atoms with van der Waals surface area (Å²) >= 11 is 0. The van der Waals surface area contributed by atoms with E-state index in [9.17, 15) is 17.6 Å². The van der Waals surface area contributed by atoms with Crippen LogP contribution in [0.2, 0.25) is 0 Å². The number of amides is 1. The molecule has 1 fully saturated rings. The zero-order valence-corrected chi connectivity index (χ0v) is 16.7. The molecule has 150 valence electrons. The number of rotatable bonds is 6. The first-order chi connectivity index (χ1) is 13.3. The van der Waals surface area contributed by atoms with Crippen LogP contribution in [0.25, 0.3) is 0 Å². The van der Waals surface area contributed by atoms with Crippen LogP contribution in [0.1, 0.15) is 24.0 Å². The molecule has 1 saturated heterocycles. The lowest BCUT2D eigenvalue weighted by Crippen LogP contribution is -2.43. The molecule has 1 heterocycles. The van der Waals surface area contributed by atoms with Crippen molar-refractivity contribution in [1.29, 1.82) is 0 Å². The van der Waals surface area contributed by atoms with Crippen LogP contribution >= 0.6 is 0 Å². The molecule has 2 aromatic carbocycles. The lowest BCUT2D eigenvalue weighted by Gasteiger charge is -2.32. The van der Waals surface area contributed by atoms with Crippen molar-refractivity contribution in [1.82, 2.24) is 9.21 Å². The minimum Gasteiger partial charge on any atom is -0.341 e. The molecular weight excluding hydrogens is 379 g/mol. The third-order valence-corrected chi connectivity index (χ3v) is 6.95. The molecule has 0 spiro atoms. The fraction of sp³-hybridized carbons (Fsp3) is 0.381. The van der Waals surface area contributed by atoms with Crippen molar-refractivity contribution in [2.75, 3.05) is 20.1 Å². The highest BCUT2D eigenvalue weighted by Crippen LogP contribution is 2.23. The van der Waals surface area contributed by atoms with E-state index >= 15 is 0 Å². The van der Waals surface area contributed by atoms with Gasteiger partial charge in [-0.3, -0.25) is 4.79 Å². The predicted molar refractivity (Wildman–Crippen MR) is 106 cm³/mol. The molecule has 1 amide bonds. The van der Waals surface area contributed by atoms with Crippen LogP contribution in [0, 0.1) is 11.7 Å². The van der Waals surface area contributed by atoms with Crippen LogP contribution < -0.4 is 0 Å². The highest BCUT2D eigenvalue weighted by atomic mass is 32.2. The average Bonchev–Trinajstić information content (AvgIpc) is 2.70. The summed E-state index contributed by atoms with van der Waals surface area (Å²) in [4.78, 5) is 14.4. The van der Waals surface area contributed by atoms with Gasteiger partial charge in [-0.2, -0.15) is 0 Å². The first kappa shape index (κ1) is 20.5. The van der Waals surface area contributed by atoms with Crippen LogP contribution in [-0.2, 0) is 27.1 Å². The van der Waals surface area contributed by atoms with Gasteiger partial charge >= 0.3 is 0 Å². The van der Waals surface area contributed by atoms with Crippen molar-refractivity contribution < 1.29 is 17.6 Å². The van der Waals surface area contributed by atoms with Gasteiger partial charge in [-0.15, -0.1) is 0 Å². The molecule has 0 aromatic heterocycles. The molecule has 3 rings (SSSR count). The molecule has 0 atom stereocenters. The quantitative estimate of drug-likeness (QED) is 0.744. The summed E-state index contributed by atoms with van der Waals surface area (Å²) in [6.45, 7) is 1.21. The van der Waals surface area contributed by atoms with E-state index in [1.165, 1.54) is 28.6 Å². The third kappa shape index (κ3) is 5.17. The Labute approximate surface area is 165 Å². The highest BCUT2D eigenvalue weighted by Gasteiger charge is 2.32. The van der Waals surface area contributed by atoms with E-state index in [0.717, 1.165) is 5.56 Å². The average molecular weight is 405 g/mol. The first-order valence-electron chi connectivity index (χ1n) is 9.36. The SMILES string of the molecule is CN(Cc1ccccc1)C(=O)C1CCN(S(=O)(=O)Cc2ccc(F)cc2)CC1. The number of nitrogens with zero attached hydrogens (tertiary/aromatic N) is 2. The summed E-state index contributed by atoms with van der Waals surface area (Å²) in [5, 5.41) is 0. The summed E-state index contributed by atoms with van der Waals surface area (Å²) in [5.41, 5.74) is 1.62. The van der Waals surface area contributed by atoms with Crippen molar-refractivity contribution in [2.24, 2.45) is 5.92 Å². The molecule has 28 heavy (non-hydrogen) atoms. The second kappa shape index (κ2) is 8.84.